The highest BCUT2D eigenvalue weighted by molar-refractivity contribution is 9.10. The summed E-state index contributed by atoms with van der Waals surface area (Å²) in [7, 11) is 3.35. The van der Waals surface area contributed by atoms with Crippen LogP contribution in [0.1, 0.15) is 22.3 Å². The van der Waals surface area contributed by atoms with E-state index in [-0.39, 0.29) is 0 Å². The van der Waals surface area contributed by atoms with Gasteiger partial charge in [-0.15, -0.1) is 0 Å². The lowest BCUT2D eigenvalue weighted by Gasteiger charge is -2.15. The van der Waals surface area contributed by atoms with Crippen LogP contribution in [0.3, 0.4) is 0 Å². The average Bonchev–Trinajstić information content (AvgIpc) is 2.77. The molecule has 0 saturated carbocycles. The van der Waals surface area contributed by atoms with E-state index in [1.54, 1.807) is 14.2 Å². The first-order valence-electron chi connectivity index (χ1n) is 9.97. The molecule has 5 heteroatoms. The number of methoxy groups -OCH3 is 2. The molecule has 0 spiro atoms. The van der Waals surface area contributed by atoms with E-state index in [4.69, 9.17) is 14.2 Å². The van der Waals surface area contributed by atoms with E-state index in [0.29, 0.717) is 6.61 Å². The Kier molecular flexibility index (Phi) is 8.17. The van der Waals surface area contributed by atoms with Crippen molar-refractivity contribution in [3.8, 4) is 17.2 Å². The highest BCUT2D eigenvalue weighted by Crippen LogP contribution is 2.34. The standard InChI is InChI=1S/C25H28BrNO3/c1-18-4-6-20(7-5-18)17-30-25-15-23(26)21(14-24(25)29-3)16-27-13-12-19-8-10-22(28-2)11-9-19/h4-11,14-15,27H,12-13,16-17H2,1-3H3. The number of aryl methyl sites for hydroxylation is 1. The second kappa shape index (κ2) is 11.0. The fourth-order valence-corrected chi connectivity index (χ4v) is 3.54. The molecule has 0 amide bonds. The highest BCUT2D eigenvalue weighted by Gasteiger charge is 2.11. The normalized spacial score (nSPS) is 10.7. The van der Waals surface area contributed by atoms with Gasteiger partial charge in [-0.1, -0.05) is 57.9 Å². The van der Waals surface area contributed by atoms with E-state index < -0.39 is 0 Å². The lowest BCUT2D eigenvalue weighted by atomic mass is 10.1. The van der Waals surface area contributed by atoms with Crippen molar-refractivity contribution in [2.45, 2.75) is 26.5 Å². The van der Waals surface area contributed by atoms with Crippen LogP contribution in [0.5, 0.6) is 17.2 Å². The summed E-state index contributed by atoms with van der Waals surface area (Å²) < 4.78 is 17.8. The number of rotatable bonds is 10. The molecule has 0 unspecified atom stereocenters. The summed E-state index contributed by atoms with van der Waals surface area (Å²) in [6.07, 6.45) is 0.955. The zero-order valence-electron chi connectivity index (χ0n) is 17.7. The molecule has 0 bridgehead atoms. The summed E-state index contributed by atoms with van der Waals surface area (Å²) in [6, 6.07) is 20.5. The third kappa shape index (κ3) is 6.25. The largest absolute Gasteiger partial charge is 0.497 e. The number of hydrogen-bond donors (Lipinski definition) is 1. The topological polar surface area (TPSA) is 39.7 Å². The molecule has 30 heavy (non-hydrogen) atoms. The lowest BCUT2D eigenvalue weighted by Crippen LogP contribution is -2.17. The summed E-state index contributed by atoms with van der Waals surface area (Å²) in [5.74, 6) is 2.34. The maximum absolute atomic E-state index is 6.01. The molecule has 0 atom stereocenters. The Bertz CT molecular complexity index is 940. The monoisotopic (exact) mass is 469 g/mol. The van der Waals surface area contributed by atoms with Crippen LogP contribution < -0.4 is 19.5 Å². The van der Waals surface area contributed by atoms with Gasteiger partial charge in [0.2, 0.25) is 0 Å². The number of nitrogens with one attached hydrogen (secondary N) is 1. The van der Waals surface area contributed by atoms with Gasteiger partial charge in [-0.2, -0.15) is 0 Å². The van der Waals surface area contributed by atoms with E-state index in [0.717, 1.165) is 52.4 Å². The van der Waals surface area contributed by atoms with Crippen molar-refractivity contribution in [1.29, 1.82) is 0 Å². The molecule has 3 aromatic carbocycles. The minimum absolute atomic E-state index is 0.503. The third-order valence-electron chi connectivity index (χ3n) is 4.91. The molecule has 0 saturated heterocycles. The molecule has 158 valence electrons. The van der Waals surface area contributed by atoms with Gasteiger partial charge in [-0.05, 0) is 60.8 Å². The van der Waals surface area contributed by atoms with E-state index >= 15 is 0 Å². The van der Waals surface area contributed by atoms with Crippen LogP contribution in [0.15, 0.2) is 65.1 Å². The number of ether oxygens (including phenoxy) is 3. The predicted molar refractivity (Wildman–Crippen MR) is 125 cm³/mol. The minimum atomic E-state index is 0.503. The van der Waals surface area contributed by atoms with E-state index in [9.17, 15) is 0 Å². The number of halogens is 1. The van der Waals surface area contributed by atoms with Gasteiger partial charge in [-0.25, -0.2) is 0 Å². The van der Waals surface area contributed by atoms with Gasteiger partial charge >= 0.3 is 0 Å². The van der Waals surface area contributed by atoms with Crippen molar-refractivity contribution in [3.05, 3.63) is 87.4 Å². The van der Waals surface area contributed by atoms with Gasteiger partial charge in [0, 0.05) is 11.0 Å². The highest BCUT2D eigenvalue weighted by atomic mass is 79.9. The molecule has 4 nitrogen and oxygen atoms in total. The van der Waals surface area contributed by atoms with Gasteiger partial charge in [0.15, 0.2) is 11.5 Å². The van der Waals surface area contributed by atoms with Crippen molar-refractivity contribution in [1.82, 2.24) is 5.32 Å². The van der Waals surface area contributed by atoms with Crippen molar-refractivity contribution < 1.29 is 14.2 Å². The summed E-state index contributed by atoms with van der Waals surface area (Å²) in [5, 5.41) is 3.50. The van der Waals surface area contributed by atoms with Gasteiger partial charge in [0.05, 0.1) is 14.2 Å². The van der Waals surface area contributed by atoms with Crippen LogP contribution in [-0.4, -0.2) is 20.8 Å². The van der Waals surface area contributed by atoms with Crippen molar-refractivity contribution in [2.24, 2.45) is 0 Å². The fourth-order valence-electron chi connectivity index (χ4n) is 3.08. The smallest absolute Gasteiger partial charge is 0.162 e. The predicted octanol–water partition coefficient (Wildman–Crippen LogP) is 5.69. The first-order valence-corrected chi connectivity index (χ1v) is 10.8. The van der Waals surface area contributed by atoms with Crippen LogP contribution in [0.4, 0.5) is 0 Å². The molecule has 0 aromatic heterocycles. The van der Waals surface area contributed by atoms with Crippen LogP contribution in [-0.2, 0) is 19.6 Å². The van der Waals surface area contributed by atoms with Crippen molar-refractivity contribution in [3.63, 3.8) is 0 Å². The van der Waals surface area contributed by atoms with Gasteiger partial charge in [0.25, 0.3) is 0 Å². The van der Waals surface area contributed by atoms with E-state index in [1.165, 1.54) is 11.1 Å². The molecule has 0 aliphatic heterocycles. The Morgan fingerprint density at radius 1 is 0.833 bits per heavy atom. The second-order valence-electron chi connectivity index (χ2n) is 7.14. The zero-order chi connectivity index (χ0) is 21.3. The van der Waals surface area contributed by atoms with Gasteiger partial charge in [0.1, 0.15) is 12.4 Å². The van der Waals surface area contributed by atoms with Gasteiger partial charge < -0.3 is 19.5 Å². The first-order chi connectivity index (χ1) is 14.6. The molecule has 0 heterocycles. The molecular weight excluding hydrogens is 442 g/mol. The van der Waals surface area contributed by atoms with Crippen molar-refractivity contribution in [2.75, 3.05) is 20.8 Å². The maximum Gasteiger partial charge on any atom is 0.162 e. The molecule has 0 aliphatic carbocycles. The SMILES string of the molecule is COc1ccc(CCNCc2cc(OC)c(OCc3ccc(C)cc3)cc2Br)cc1. The Morgan fingerprint density at radius 3 is 2.20 bits per heavy atom. The number of hydrogen-bond acceptors (Lipinski definition) is 4. The quantitative estimate of drug-likeness (QED) is 0.387. The third-order valence-corrected chi connectivity index (χ3v) is 5.65. The first kappa shape index (κ1) is 22.2. The summed E-state index contributed by atoms with van der Waals surface area (Å²) in [6.45, 7) is 4.20. The zero-order valence-corrected chi connectivity index (χ0v) is 19.3. The average molecular weight is 470 g/mol. The lowest BCUT2D eigenvalue weighted by molar-refractivity contribution is 0.284. The molecule has 0 radical (unpaired) electrons. The Hall–Kier alpha value is -2.50. The van der Waals surface area contributed by atoms with Gasteiger partial charge in [-0.3, -0.25) is 0 Å². The molecular formula is C25H28BrNO3. The minimum Gasteiger partial charge on any atom is -0.497 e. The van der Waals surface area contributed by atoms with Crippen LogP contribution in [0.25, 0.3) is 0 Å². The maximum atomic E-state index is 6.01. The fraction of sp³-hybridized carbons (Fsp3) is 0.280. The van der Waals surface area contributed by atoms with E-state index in [2.05, 4.69) is 64.6 Å². The Labute approximate surface area is 187 Å². The molecule has 0 aliphatic rings. The molecule has 1 N–H and O–H groups in total. The number of benzene rings is 3. The second-order valence-corrected chi connectivity index (χ2v) is 8.00. The summed E-state index contributed by atoms with van der Waals surface area (Å²) >= 11 is 3.67. The van der Waals surface area contributed by atoms with E-state index in [1.807, 2.05) is 24.3 Å². The summed E-state index contributed by atoms with van der Waals surface area (Å²) in [4.78, 5) is 0. The molecule has 3 aromatic rings. The Balaban J connectivity index is 1.55. The summed E-state index contributed by atoms with van der Waals surface area (Å²) in [5.41, 5.74) is 4.77. The van der Waals surface area contributed by atoms with Crippen LogP contribution in [0, 0.1) is 6.92 Å². The Morgan fingerprint density at radius 2 is 1.53 bits per heavy atom. The molecule has 0 fully saturated rings. The van der Waals surface area contributed by atoms with Crippen LogP contribution in [0.2, 0.25) is 0 Å². The van der Waals surface area contributed by atoms with Crippen LogP contribution >= 0.6 is 15.9 Å². The molecule has 3 rings (SSSR count). The van der Waals surface area contributed by atoms with Crippen molar-refractivity contribution >= 4 is 15.9 Å².